The Morgan fingerprint density at radius 1 is 1.44 bits per heavy atom. The zero-order valence-corrected chi connectivity index (χ0v) is 12.7. The van der Waals surface area contributed by atoms with Crippen molar-refractivity contribution in [3.8, 4) is 0 Å². The van der Waals surface area contributed by atoms with Gasteiger partial charge in [-0.3, -0.25) is 0 Å². The molecule has 0 saturated carbocycles. The highest BCUT2D eigenvalue weighted by molar-refractivity contribution is 9.09. The maximum atomic E-state index is 3.52. The summed E-state index contributed by atoms with van der Waals surface area (Å²) in [5, 5.41) is 1.14. The summed E-state index contributed by atoms with van der Waals surface area (Å²) in [6, 6.07) is 0. The Hall–Kier alpha value is 0.400. The fraction of sp³-hybridized carbons (Fsp3) is 1.00. The SMILES string of the molecule is CC(CCBr)CCN(C)CC1CCN(C)C1. The smallest absolute Gasteiger partial charge is 0.00338 e. The molecule has 0 aromatic rings. The molecule has 2 atom stereocenters. The Morgan fingerprint density at radius 3 is 2.75 bits per heavy atom. The normalized spacial score (nSPS) is 24.2. The van der Waals surface area contributed by atoms with Crippen LogP contribution >= 0.6 is 15.9 Å². The minimum Gasteiger partial charge on any atom is -0.306 e. The van der Waals surface area contributed by atoms with E-state index in [0.29, 0.717) is 0 Å². The molecule has 0 aromatic heterocycles. The third kappa shape index (κ3) is 5.65. The first kappa shape index (κ1) is 14.5. The molecule has 0 N–H and O–H groups in total. The van der Waals surface area contributed by atoms with Crippen LogP contribution in [0.5, 0.6) is 0 Å². The second-order valence-corrected chi connectivity index (χ2v) is 6.34. The monoisotopic (exact) mass is 290 g/mol. The molecule has 1 heterocycles. The van der Waals surface area contributed by atoms with E-state index in [9.17, 15) is 0 Å². The molecule has 1 rings (SSSR count). The highest BCUT2D eigenvalue weighted by Gasteiger charge is 2.20. The Morgan fingerprint density at radius 2 is 2.19 bits per heavy atom. The van der Waals surface area contributed by atoms with Crippen molar-refractivity contribution in [3.63, 3.8) is 0 Å². The summed E-state index contributed by atoms with van der Waals surface area (Å²) < 4.78 is 0. The first-order chi connectivity index (χ1) is 7.61. The minimum atomic E-state index is 0.855. The molecule has 1 aliphatic heterocycles. The lowest BCUT2D eigenvalue weighted by Gasteiger charge is -2.22. The van der Waals surface area contributed by atoms with Gasteiger partial charge >= 0.3 is 0 Å². The molecule has 0 radical (unpaired) electrons. The number of halogens is 1. The maximum Gasteiger partial charge on any atom is 0.00338 e. The van der Waals surface area contributed by atoms with Gasteiger partial charge in [0.15, 0.2) is 0 Å². The van der Waals surface area contributed by atoms with E-state index in [1.807, 2.05) is 0 Å². The fourth-order valence-electron chi connectivity index (χ4n) is 2.48. The van der Waals surface area contributed by atoms with Crippen LogP contribution < -0.4 is 0 Å². The molecule has 16 heavy (non-hydrogen) atoms. The van der Waals surface area contributed by atoms with E-state index < -0.39 is 0 Å². The molecule has 2 unspecified atom stereocenters. The van der Waals surface area contributed by atoms with Gasteiger partial charge in [-0.2, -0.15) is 0 Å². The van der Waals surface area contributed by atoms with Crippen LogP contribution in [-0.2, 0) is 0 Å². The van der Waals surface area contributed by atoms with Crippen LogP contribution in [0.3, 0.4) is 0 Å². The number of hydrogen-bond donors (Lipinski definition) is 0. The summed E-state index contributed by atoms with van der Waals surface area (Å²) >= 11 is 3.52. The Labute approximate surface area is 109 Å². The van der Waals surface area contributed by atoms with Crippen LogP contribution in [0, 0.1) is 11.8 Å². The van der Waals surface area contributed by atoms with E-state index >= 15 is 0 Å². The fourth-order valence-corrected chi connectivity index (χ4v) is 3.26. The predicted molar refractivity (Wildman–Crippen MR) is 75.3 cm³/mol. The average Bonchev–Trinajstić information content (AvgIpc) is 2.61. The number of rotatable bonds is 7. The zero-order valence-electron chi connectivity index (χ0n) is 11.1. The molecule has 2 nitrogen and oxygen atoms in total. The quantitative estimate of drug-likeness (QED) is 0.665. The second-order valence-electron chi connectivity index (χ2n) is 5.55. The van der Waals surface area contributed by atoms with Crippen molar-refractivity contribution in [2.45, 2.75) is 26.2 Å². The van der Waals surface area contributed by atoms with Crippen molar-refractivity contribution in [2.24, 2.45) is 11.8 Å². The summed E-state index contributed by atoms with van der Waals surface area (Å²) in [7, 11) is 4.51. The predicted octanol–water partition coefficient (Wildman–Crippen LogP) is 2.68. The topological polar surface area (TPSA) is 6.48 Å². The molecule has 0 bridgehead atoms. The maximum absolute atomic E-state index is 3.52. The molecule has 1 saturated heterocycles. The molecule has 0 aromatic carbocycles. The van der Waals surface area contributed by atoms with Gasteiger partial charge < -0.3 is 9.80 Å². The second kappa shape index (κ2) is 7.67. The van der Waals surface area contributed by atoms with E-state index in [2.05, 4.69) is 46.7 Å². The zero-order chi connectivity index (χ0) is 12.0. The molecule has 1 aliphatic rings. The van der Waals surface area contributed by atoms with Gasteiger partial charge in [0.05, 0.1) is 0 Å². The number of likely N-dealkylation sites (tertiary alicyclic amines) is 1. The van der Waals surface area contributed by atoms with Crippen LogP contribution in [-0.4, -0.2) is 55.4 Å². The van der Waals surface area contributed by atoms with Gasteiger partial charge in [-0.15, -0.1) is 0 Å². The summed E-state index contributed by atoms with van der Waals surface area (Å²) in [5.41, 5.74) is 0. The lowest BCUT2D eigenvalue weighted by atomic mass is 10.0. The molecular weight excluding hydrogens is 264 g/mol. The van der Waals surface area contributed by atoms with E-state index in [1.54, 1.807) is 0 Å². The van der Waals surface area contributed by atoms with Crippen molar-refractivity contribution < 1.29 is 0 Å². The molecule has 0 spiro atoms. The molecule has 3 heteroatoms. The first-order valence-corrected chi connectivity index (χ1v) is 7.67. The van der Waals surface area contributed by atoms with Gasteiger partial charge in [-0.25, -0.2) is 0 Å². The Kier molecular flexibility index (Phi) is 6.94. The summed E-state index contributed by atoms with van der Waals surface area (Å²) in [6.45, 7) is 7.48. The molecule has 96 valence electrons. The van der Waals surface area contributed by atoms with Crippen LogP contribution in [0.2, 0.25) is 0 Å². The highest BCUT2D eigenvalue weighted by Crippen LogP contribution is 2.16. The van der Waals surface area contributed by atoms with Crippen LogP contribution in [0.25, 0.3) is 0 Å². The van der Waals surface area contributed by atoms with Gasteiger partial charge in [0.1, 0.15) is 0 Å². The van der Waals surface area contributed by atoms with Gasteiger partial charge in [0.25, 0.3) is 0 Å². The van der Waals surface area contributed by atoms with Crippen LogP contribution in [0.15, 0.2) is 0 Å². The van der Waals surface area contributed by atoms with E-state index in [1.165, 1.54) is 45.4 Å². The van der Waals surface area contributed by atoms with E-state index in [-0.39, 0.29) is 0 Å². The van der Waals surface area contributed by atoms with Crippen molar-refractivity contribution in [1.82, 2.24) is 9.80 Å². The van der Waals surface area contributed by atoms with Gasteiger partial charge in [-0.05, 0) is 58.3 Å². The van der Waals surface area contributed by atoms with Crippen molar-refractivity contribution in [1.29, 1.82) is 0 Å². The molecular formula is C13H27BrN2. The van der Waals surface area contributed by atoms with Crippen LogP contribution in [0.1, 0.15) is 26.2 Å². The Balaban J connectivity index is 2.08. The summed E-state index contributed by atoms with van der Waals surface area (Å²) in [6.07, 6.45) is 4.03. The number of hydrogen-bond acceptors (Lipinski definition) is 2. The third-order valence-electron chi connectivity index (χ3n) is 3.66. The van der Waals surface area contributed by atoms with Crippen LogP contribution in [0.4, 0.5) is 0 Å². The Bertz CT molecular complexity index is 187. The lowest BCUT2D eigenvalue weighted by Crippen LogP contribution is -2.29. The van der Waals surface area contributed by atoms with Crippen molar-refractivity contribution in [2.75, 3.05) is 45.6 Å². The summed E-state index contributed by atoms with van der Waals surface area (Å²) in [4.78, 5) is 4.97. The molecule has 0 amide bonds. The van der Waals surface area contributed by atoms with E-state index in [0.717, 1.165) is 17.2 Å². The molecule has 0 aliphatic carbocycles. The standard InChI is InChI=1S/C13H27BrN2/c1-12(4-7-14)5-8-15(2)10-13-6-9-16(3)11-13/h12-13H,4-11H2,1-3H3. The largest absolute Gasteiger partial charge is 0.306 e. The highest BCUT2D eigenvalue weighted by atomic mass is 79.9. The number of alkyl halides is 1. The first-order valence-electron chi connectivity index (χ1n) is 6.55. The van der Waals surface area contributed by atoms with Gasteiger partial charge in [0, 0.05) is 18.4 Å². The minimum absolute atomic E-state index is 0.855. The van der Waals surface area contributed by atoms with Gasteiger partial charge in [0.2, 0.25) is 0 Å². The van der Waals surface area contributed by atoms with E-state index in [4.69, 9.17) is 0 Å². The van der Waals surface area contributed by atoms with Crippen molar-refractivity contribution in [3.05, 3.63) is 0 Å². The average molecular weight is 291 g/mol. The van der Waals surface area contributed by atoms with Gasteiger partial charge in [-0.1, -0.05) is 22.9 Å². The number of nitrogens with zero attached hydrogens (tertiary/aromatic N) is 2. The summed E-state index contributed by atoms with van der Waals surface area (Å²) in [5.74, 6) is 1.76. The third-order valence-corrected chi connectivity index (χ3v) is 4.12. The molecule has 1 fully saturated rings. The van der Waals surface area contributed by atoms with Crippen molar-refractivity contribution >= 4 is 15.9 Å². The lowest BCUT2D eigenvalue weighted by molar-refractivity contribution is 0.257.